The molecule has 0 unspecified atom stereocenters. The van der Waals surface area contributed by atoms with E-state index >= 15 is 0 Å². The molecular formula is C11H17BrN4O. The molecule has 1 aromatic rings. The first-order chi connectivity index (χ1) is 8.11. The predicted molar refractivity (Wildman–Crippen MR) is 71.7 cm³/mol. The highest BCUT2D eigenvalue weighted by Crippen LogP contribution is 2.10. The van der Waals surface area contributed by atoms with Crippen molar-refractivity contribution in [2.75, 3.05) is 32.0 Å². The van der Waals surface area contributed by atoms with E-state index < -0.39 is 0 Å². The number of rotatable bonds is 6. The van der Waals surface area contributed by atoms with E-state index in [0.29, 0.717) is 18.9 Å². The Morgan fingerprint density at radius 2 is 2.35 bits per heavy atom. The van der Waals surface area contributed by atoms with Crippen molar-refractivity contribution < 1.29 is 4.79 Å². The van der Waals surface area contributed by atoms with Gasteiger partial charge in [-0.2, -0.15) is 0 Å². The Kier molecular flexibility index (Phi) is 6.10. The van der Waals surface area contributed by atoms with Crippen LogP contribution in [0, 0.1) is 0 Å². The number of likely N-dealkylation sites (N-methyl/N-ethyl adjacent to an activating group) is 1. The van der Waals surface area contributed by atoms with Gasteiger partial charge in [0.15, 0.2) is 0 Å². The number of carbonyl (C=O) groups is 1. The van der Waals surface area contributed by atoms with E-state index in [0.717, 1.165) is 17.4 Å². The second-order valence-corrected chi connectivity index (χ2v) is 4.71. The van der Waals surface area contributed by atoms with Gasteiger partial charge in [0.05, 0.1) is 6.54 Å². The zero-order valence-electron chi connectivity index (χ0n) is 9.82. The Labute approximate surface area is 110 Å². The van der Waals surface area contributed by atoms with Crippen LogP contribution in [-0.4, -0.2) is 42.5 Å². The molecule has 0 aromatic carbocycles. The molecule has 1 heterocycles. The molecule has 0 radical (unpaired) electrons. The fourth-order valence-corrected chi connectivity index (χ4v) is 1.55. The van der Waals surface area contributed by atoms with Crippen molar-refractivity contribution in [1.82, 2.24) is 9.88 Å². The van der Waals surface area contributed by atoms with E-state index in [9.17, 15) is 4.79 Å². The number of carbonyl (C=O) groups excluding carboxylic acids is 1. The predicted octanol–water partition coefficient (Wildman–Crippen LogP) is 1.06. The summed E-state index contributed by atoms with van der Waals surface area (Å²) in [4.78, 5) is 17.6. The maximum absolute atomic E-state index is 11.6. The lowest BCUT2D eigenvalue weighted by Gasteiger charge is -2.15. The second kappa shape index (κ2) is 7.37. The Bertz CT molecular complexity index is 355. The largest absolute Gasteiger partial charge is 0.330 e. The van der Waals surface area contributed by atoms with Crippen molar-refractivity contribution in [2.45, 2.75) is 6.42 Å². The van der Waals surface area contributed by atoms with Crippen LogP contribution in [0.3, 0.4) is 0 Å². The molecule has 0 aliphatic rings. The van der Waals surface area contributed by atoms with Gasteiger partial charge in [-0.15, -0.1) is 0 Å². The molecule has 1 aromatic heterocycles. The number of nitrogens with zero attached hydrogens (tertiary/aromatic N) is 2. The molecule has 0 aliphatic heterocycles. The fourth-order valence-electron chi connectivity index (χ4n) is 1.32. The lowest BCUT2D eigenvalue weighted by Crippen LogP contribution is -2.31. The average molecular weight is 301 g/mol. The number of amides is 1. The molecule has 0 saturated carbocycles. The van der Waals surface area contributed by atoms with E-state index in [1.807, 2.05) is 18.0 Å². The maximum Gasteiger partial charge on any atom is 0.239 e. The zero-order chi connectivity index (χ0) is 12.7. The third kappa shape index (κ3) is 5.76. The highest BCUT2D eigenvalue weighted by molar-refractivity contribution is 9.10. The van der Waals surface area contributed by atoms with Crippen molar-refractivity contribution in [2.24, 2.45) is 5.73 Å². The fraction of sp³-hybridized carbons (Fsp3) is 0.455. The first-order valence-electron chi connectivity index (χ1n) is 5.42. The summed E-state index contributed by atoms with van der Waals surface area (Å²) < 4.78 is 0.885. The van der Waals surface area contributed by atoms with Gasteiger partial charge in [-0.05, 0) is 54.6 Å². The van der Waals surface area contributed by atoms with Gasteiger partial charge in [0.1, 0.15) is 5.82 Å². The molecule has 3 N–H and O–H groups in total. The lowest BCUT2D eigenvalue weighted by molar-refractivity contribution is -0.117. The van der Waals surface area contributed by atoms with Gasteiger partial charge in [0.2, 0.25) is 5.91 Å². The van der Waals surface area contributed by atoms with Gasteiger partial charge >= 0.3 is 0 Å². The molecule has 17 heavy (non-hydrogen) atoms. The van der Waals surface area contributed by atoms with Crippen molar-refractivity contribution >= 4 is 27.7 Å². The van der Waals surface area contributed by atoms with Crippen LogP contribution in [0.5, 0.6) is 0 Å². The van der Waals surface area contributed by atoms with Crippen molar-refractivity contribution in [3.63, 3.8) is 0 Å². The van der Waals surface area contributed by atoms with Crippen LogP contribution >= 0.6 is 15.9 Å². The average Bonchev–Trinajstić information content (AvgIpc) is 2.29. The monoisotopic (exact) mass is 300 g/mol. The number of hydrogen-bond acceptors (Lipinski definition) is 4. The van der Waals surface area contributed by atoms with E-state index in [-0.39, 0.29) is 5.91 Å². The van der Waals surface area contributed by atoms with Gasteiger partial charge in [-0.1, -0.05) is 0 Å². The summed E-state index contributed by atoms with van der Waals surface area (Å²) in [6.07, 6.45) is 2.54. The number of halogens is 1. The normalized spacial score (nSPS) is 10.6. The van der Waals surface area contributed by atoms with Crippen LogP contribution in [0.15, 0.2) is 22.8 Å². The molecule has 0 bridgehead atoms. The summed E-state index contributed by atoms with van der Waals surface area (Å²) in [6.45, 7) is 1.80. The molecule has 1 amide bonds. The summed E-state index contributed by atoms with van der Waals surface area (Å²) in [7, 11) is 1.89. The minimum absolute atomic E-state index is 0.0701. The zero-order valence-corrected chi connectivity index (χ0v) is 11.4. The SMILES string of the molecule is CN(CCCN)CC(=O)Nc1ccc(Br)cn1. The Balaban J connectivity index is 2.36. The van der Waals surface area contributed by atoms with Crippen molar-refractivity contribution in [3.05, 3.63) is 22.8 Å². The smallest absolute Gasteiger partial charge is 0.239 e. The van der Waals surface area contributed by atoms with Gasteiger partial charge in [0, 0.05) is 10.7 Å². The van der Waals surface area contributed by atoms with Crippen LogP contribution in [0.25, 0.3) is 0 Å². The Morgan fingerprint density at radius 3 is 2.94 bits per heavy atom. The summed E-state index contributed by atoms with van der Waals surface area (Å²) in [5.74, 6) is 0.491. The Hall–Kier alpha value is -0.980. The number of hydrogen-bond donors (Lipinski definition) is 2. The molecule has 5 nitrogen and oxygen atoms in total. The number of pyridine rings is 1. The van der Waals surface area contributed by atoms with E-state index in [1.54, 1.807) is 12.3 Å². The first-order valence-corrected chi connectivity index (χ1v) is 6.21. The highest BCUT2D eigenvalue weighted by atomic mass is 79.9. The number of aromatic nitrogens is 1. The molecule has 6 heteroatoms. The third-order valence-electron chi connectivity index (χ3n) is 2.15. The molecule has 0 fully saturated rings. The van der Waals surface area contributed by atoms with Crippen LogP contribution in [0.4, 0.5) is 5.82 Å². The standard InChI is InChI=1S/C11H17BrN4O/c1-16(6-2-5-13)8-11(17)15-10-4-3-9(12)7-14-10/h3-4,7H,2,5-6,8,13H2,1H3,(H,14,15,17). The quantitative estimate of drug-likeness (QED) is 0.824. The molecule has 0 aliphatic carbocycles. The van der Waals surface area contributed by atoms with Crippen LogP contribution in [0.2, 0.25) is 0 Å². The minimum atomic E-state index is -0.0701. The molecule has 94 valence electrons. The summed E-state index contributed by atoms with van der Waals surface area (Å²) in [5.41, 5.74) is 5.40. The maximum atomic E-state index is 11.6. The first kappa shape index (κ1) is 14.1. The topological polar surface area (TPSA) is 71.2 Å². The van der Waals surface area contributed by atoms with Gasteiger partial charge in [0.25, 0.3) is 0 Å². The van der Waals surface area contributed by atoms with Crippen molar-refractivity contribution in [3.8, 4) is 0 Å². The molecule has 1 rings (SSSR count). The van der Waals surface area contributed by atoms with Crippen LogP contribution in [-0.2, 0) is 4.79 Å². The Morgan fingerprint density at radius 1 is 1.59 bits per heavy atom. The molecule has 0 atom stereocenters. The van der Waals surface area contributed by atoms with Crippen LogP contribution in [0.1, 0.15) is 6.42 Å². The van der Waals surface area contributed by atoms with E-state index in [2.05, 4.69) is 26.2 Å². The third-order valence-corrected chi connectivity index (χ3v) is 2.62. The summed E-state index contributed by atoms with van der Waals surface area (Å²) >= 11 is 3.29. The van der Waals surface area contributed by atoms with Crippen molar-refractivity contribution in [1.29, 1.82) is 0 Å². The lowest BCUT2D eigenvalue weighted by atomic mass is 10.4. The highest BCUT2D eigenvalue weighted by Gasteiger charge is 2.06. The molecular weight excluding hydrogens is 284 g/mol. The molecule has 0 saturated heterocycles. The second-order valence-electron chi connectivity index (χ2n) is 3.79. The van der Waals surface area contributed by atoms with Gasteiger partial charge in [-0.25, -0.2) is 4.98 Å². The van der Waals surface area contributed by atoms with Gasteiger partial charge in [-0.3, -0.25) is 9.69 Å². The van der Waals surface area contributed by atoms with E-state index in [1.165, 1.54) is 0 Å². The summed E-state index contributed by atoms with van der Waals surface area (Å²) in [5, 5.41) is 2.73. The van der Waals surface area contributed by atoms with Crippen LogP contribution < -0.4 is 11.1 Å². The van der Waals surface area contributed by atoms with E-state index in [4.69, 9.17) is 5.73 Å². The number of nitrogens with one attached hydrogen (secondary N) is 1. The van der Waals surface area contributed by atoms with Gasteiger partial charge < -0.3 is 11.1 Å². The molecule has 0 spiro atoms. The number of nitrogens with two attached hydrogens (primary N) is 1. The minimum Gasteiger partial charge on any atom is -0.330 e. The summed E-state index contributed by atoms with van der Waals surface area (Å²) in [6, 6.07) is 3.59. The number of anilines is 1.